The minimum Gasteiger partial charge on any atom is -0.477 e. The van der Waals surface area contributed by atoms with Gasteiger partial charge in [0, 0.05) is 6.20 Å². The third-order valence-corrected chi connectivity index (χ3v) is 2.49. The highest BCUT2D eigenvalue weighted by Crippen LogP contribution is 2.14. The minimum absolute atomic E-state index is 0.314. The van der Waals surface area contributed by atoms with Gasteiger partial charge in [-0.05, 0) is 37.6 Å². The van der Waals surface area contributed by atoms with Crippen LogP contribution >= 0.6 is 0 Å². The van der Waals surface area contributed by atoms with Crippen molar-refractivity contribution in [3.05, 3.63) is 47.2 Å². The van der Waals surface area contributed by atoms with Crippen molar-refractivity contribution in [3.8, 4) is 0 Å². The van der Waals surface area contributed by atoms with Crippen LogP contribution in [0.5, 0.6) is 0 Å². The van der Waals surface area contributed by atoms with Crippen LogP contribution in [0.1, 0.15) is 27.6 Å². The predicted molar refractivity (Wildman–Crippen MR) is 58.7 cm³/mol. The number of furan rings is 1. The van der Waals surface area contributed by atoms with Gasteiger partial charge < -0.3 is 14.1 Å². The van der Waals surface area contributed by atoms with Crippen LogP contribution in [-0.4, -0.2) is 15.6 Å². The van der Waals surface area contributed by atoms with Crippen molar-refractivity contribution in [1.82, 2.24) is 4.57 Å². The summed E-state index contributed by atoms with van der Waals surface area (Å²) in [6, 6.07) is 5.52. The lowest BCUT2D eigenvalue weighted by molar-refractivity contribution is 0.0684. The standard InChI is InChI=1S/C12H13NO3/c1-8-5-6-13(11(8)12(14)15)7-10-4-3-9(2)16-10/h3-6H,7H2,1-2H3,(H,14,15). The Bertz CT molecular complexity index is 522. The molecular weight excluding hydrogens is 206 g/mol. The molecule has 0 saturated heterocycles. The second kappa shape index (κ2) is 3.89. The molecule has 1 N–H and O–H groups in total. The molecule has 0 aliphatic heterocycles. The molecule has 0 aromatic carbocycles. The van der Waals surface area contributed by atoms with Crippen LogP contribution in [0.3, 0.4) is 0 Å². The van der Waals surface area contributed by atoms with Crippen LogP contribution in [0.2, 0.25) is 0 Å². The maximum Gasteiger partial charge on any atom is 0.352 e. The van der Waals surface area contributed by atoms with E-state index in [9.17, 15) is 4.79 Å². The van der Waals surface area contributed by atoms with Crippen molar-refractivity contribution in [2.24, 2.45) is 0 Å². The van der Waals surface area contributed by atoms with E-state index in [-0.39, 0.29) is 0 Å². The van der Waals surface area contributed by atoms with Crippen molar-refractivity contribution in [2.45, 2.75) is 20.4 Å². The van der Waals surface area contributed by atoms with Crippen LogP contribution in [0.4, 0.5) is 0 Å². The lowest BCUT2D eigenvalue weighted by Crippen LogP contribution is -2.09. The Kier molecular flexibility index (Phi) is 2.56. The number of aryl methyl sites for hydroxylation is 2. The molecule has 0 aliphatic carbocycles. The zero-order valence-corrected chi connectivity index (χ0v) is 9.23. The maximum atomic E-state index is 11.0. The van der Waals surface area contributed by atoms with Crippen LogP contribution < -0.4 is 0 Å². The Morgan fingerprint density at radius 3 is 2.69 bits per heavy atom. The summed E-state index contributed by atoms with van der Waals surface area (Å²) in [5, 5.41) is 9.07. The summed E-state index contributed by atoms with van der Waals surface area (Å²) in [6.45, 7) is 4.10. The number of carboxylic acid groups (broad SMARTS) is 1. The van der Waals surface area contributed by atoms with E-state index >= 15 is 0 Å². The molecule has 0 bridgehead atoms. The summed E-state index contributed by atoms with van der Waals surface area (Å²) >= 11 is 0. The molecule has 0 spiro atoms. The normalized spacial score (nSPS) is 10.6. The van der Waals surface area contributed by atoms with Gasteiger partial charge in [-0.25, -0.2) is 4.79 Å². The molecular formula is C12H13NO3. The monoisotopic (exact) mass is 219 g/mol. The molecule has 16 heavy (non-hydrogen) atoms. The first-order valence-corrected chi connectivity index (χ1v) is 5.02. The minimum atomic E-state index is -0.911. The second-order valence-corrected chi connectivity index (χ2v) is 3.79. The molecule has 4 nitrogen and oxygen atoms in total. The average molecular weight is 219 g/mol. The van der Waals surface area contributed by atoms with Crippen LogP contribution in [0.15, 0.2) is 28.8 Å². The summed E-state index contributed by atoms with van der Waals surface area (Å²) in [5.41, 5.74) is 1.07. The Balaban J connectivity index is 2.31. The van der Waals surface area contributed by atoms with Gasteiger partial charge in [-0.3, -0.25) is 0 Å². The average Bonchev–Trinajstić information content (AvgIpc) is 2.74. The smallest absolute Gasteiger partial charge is 0.352 e. The van der Waals surface area contributed by atoms with Crippen molar-refractivity contribution in [3.63, 3.8) is 0 Å². The summed E-state index contributed by atoms with van der Waals surface area (Å²) in [4.78, 5) is 11.0. The molecule has 0 saturated carbocycles. The van der Waals surface area contributed by atoms with Gasteiger partial charge >= 0.3 is 5.97 Å². The van der Waals surface area contributed by atoms with E-state index in [1.165, 1.54) is 0 Å². The van der Waals surface area contributed by atoms with Crippen molar-refractivity contribution in [1.29, 1.82) is 0 Å². The Morgan fingerprint density at radius 2 is 2.12 bits per heavy atom. The van der Waals surface area contributed by atoms with Crippen LogP contribution in [0, 0.1) is 13.8 Å². The number of rotatable bonds is 3. The summed E-state index contributed by atoms with van der Waals surface area (Å²) in [7, 11) is 0. The van der Waals surface area contributed by atoms with Gasteiger partial charge in [-0.15, -0.1) is 0 Å². The number of nitrogens with zero attached hydrogens (tertiary/aromatic N) is 1. The number of hydrogen-bond acceptors (Lipinski definition) is 2. The first-order valence-electron chi connectivity index (χ1n) is 5.02. The molecule has 2 aromatic rings. The van der Waals surface area contributed by atoms with Gasteiger partial charge in [0.15, 0.2) is 0 Å². The summed E-state index contributed by atoms with van der Waals surface area (Å²) < 4.78 is 7.09. The van der Waals surface area contributed by atoms with E-state index in [1.54, 1.807) is 23.8 Å². The van der Waals surface area contributed by atoms with E-state index in [0.29, 0.717) is 12.2 Å². The first kappa shape index (κ1) is 10.5. The lowest BCUT2D eigenvalue weighted by Gasteiger charge is -2.04. The molecule has 0 aliphatic rings. The molecule has 84 valence electrons. The van der Waals surface area contributed by atoms with Gasteiger partial charge in [0.05, 0.1) is 6.54 Å². The zero-order chi connectivity index (χ0) is 11.7. The molecule has 2 rings (SSSR count). The van der Waals surface area contributed by atoms with E-state index in [4.69, 9.17) is 9.52 Å². The quantitative estimate of drug-likeness (QED) is 0.862. The Labute approximate surface area is 93.1 Å². The van der Waals surface area contributed by atoms with E-state index in [1.807, 2.05) is 19.1 Å². The molecule has 2 heterocycles. The highest BCUT2D eigenvalue weighted by atomic mass is 16.4. The number of carboxylic acids is 1. The largest absolute Gasteiger partial charge is 0.477 e. The van der Waals surface area contributed by atoms with Crippen molar-refractivity contribution in [2.75, 3.05) is 0 Å². The molecule has 4 heteroatoms. The van der Waals surface area contributed by atoms with Gasteiger partial charge in [0.1, 0.15) is 17.2 Å². The predicted octanol–water partition coefficient (Wildman–Crippen LogP) is 2.44. The fourth-order valence-corrected chi connectivity index (χ4v) is 1.74. The number of aromatic carboxylic acids is 1. The second-order valence-electron chi connectivity index (χ2n) is 3.79. The number of carbonyl (C=O) groups is 1. The third kappa shape index (κ3) is 1.86. The topological polar surface area (TPSA) is 55.4 Å². The van der Waals surface area contributed by atoms with Gasteiger partial charge in [0.2, 0.25) is 0 Å². The molecule has 0 unspecified atom stereocenters. The van der Waals surface area contributed by atoms with Gasteiger partial charge in [-0.2, -0.15) is 0 Å². The van der Waals surface area contributed by atoms with Crippen molar-refractivity contribution >= 4 is 5.97 Å². The fourth-order valence-electron chi connectivity index (χ4n) is 1.74. The van der Waals surface area contributed by atoms with Crippen LogP contribution in [-0.2, 0) is 6.54 Å². The molecule has 0 fully saturated rings. The number of hydrogen-bond donors (Lipinski definition) is 1. The van der Waals surface area contributed by atoms with E-state index < -0.39 is 5.97 Å². The SMILES string of the molecule is Cc1ccc(Cn2ccc(C)c2C(=O)O)o1. The molecule has 2 aromatic heterocycles. The number of aromatic nitrogens is 1. The molecule has 0 atom stereocenters. The van der Waals surface area contributed by atoms with Gasteiger partial charge in [0.25, 0.3) is 0 Å². The maximum absolute atomic E-state index is 11.0. The summed E-state index contributed by atoms with van der Waals surface area (Å²) in [6.07, 6.45) is 1.76. The lowest BCUT2D eigenvalue weighted by atomic mass is 10.3. The fraction of sp³-hybridized carbons (Fsp3) is 0.250. The highest BCUT2D eigenvalue weighted by molar-refractivity contribution is 5.87. The molecule has 0 amide bonds. The Hall–Kier alpha value is -1.97. The summed E-state index contributed by atoms with van der Waals surface area (Å²) in [5.74, 6) is 0.678. The Morgan fingerprint density at radius 1 is 1.38 bits per heavy atom. The zero-order valence-electron chi connectivity index (χ0n) is 9.23. The molecule has 0 radical (unpaired) electrons. The van der Waals surface area contributed by atoms with E-state index in [2.05, 4.69) is 0 Å². The van der Waals surface area contributed by atoms with Crippen LogP contribution in [0.25, 0.3) is 0 Å². The van der Waals surface area contributed by atoms with Crippen molar-refractivity contribution < 1.29 is 14.3 Å². The van der Waals surface area contributed by atoms with Gasteiger partial charge in [-0.1, -0.05) is 0 Å². The first-order chi connectivity index (χ1) is 7.58. The highest BCUT2D eigenvalue weighted by Gasteiger charge is 2.14. The van der Waals surface area contributed by atoms with E-state index in [0.717, 1.165) is 17.1 Å². The third-order valence-electron chi connectivity index (χ3n) is 2.49.